The zero-order valence-electron chi connectivity index (χ0n) is 17.0. The van der Waals surface area contributed by atoms with E-state index in [4.69, 9.17) is 9.47 Å². The Hall–Kier alpha value is -3.00. The van der Waals surface area contributed by atoms with Gasteiger partial charge in [-0.15, -0.1) is 0 Å². The number of halogens is 3. The van der Waals surface area contributed by atoms with Gasteiger partial charge in [0.1, 0.15) is 5.75 Å². The van der Waals surface area contributed by atoms with Crippen molar-refractivity contribution in [3.05, 3.63) is 59.8 Å². The van der Waals surface area contributed by atoms with Gasteiger partial charge in [0.05, 0.1) is 30.4 Å². The van der Waals surface area contributed by atoms with E-state index in [1.54, 1.807) is 25.4 Å². The lowest BCUT2D eigenvalue weighted by molar-refractivity contribution is -0.137. The van der Waals surface area contributed by atoms with Crippen molar-refractivity contribution >= 4 is 22.5 Å². The molecule has 4 rings (SSSR count). The molecule has 0 unspecified atom stereocenters. The van der Waals surface area contributed by atoms with Crippen molar-refractivity contribution in [1.82, 2.24) is 4.98 Å². The van der Waals surface area contributed by atoms with Crippen LogP contribution < -0.4 is 10.1 Å². The molecule has 0 saturated heterocycles. The molecule has 1 saturated carbocycles. The summed E-state index contributed by atoms with van der Waals surface area (Å²) < 4.78 is 49.1. The van der Waals surface area contributed by atoms with E-state index in [-0.39, 0.29) is 24.3 Å². The van der Waals surface area contributed by atoms with E-state index < -0.39 is 11.7 Å². The number of aromatic nitrogens is 1. The zero-order chi connectivity index (χ0) is 22.0. The zero-order valence-corrected chi connectivity index (χ0v) is 17.0. The number of carbonyl (C=O) groups is 1. The van der Waals surface area contributed by atoms with E-state index >= 15 is 0 Å². The molecule has 1 aromatic heterocycles. The van der Waals surface area contributed by atoms with Gasteiger partial charge in [-0.2, -0.15) is 13.2 Å². The number of aromatic amines is 1. The van der Waals surface area contributed by atoms with E-state index in [1.807, 2.05) is 18.2 Å². The molecule has 0 aliphatic heterocycles. The second-order valence-electron chi connectivity index (χ2n) is 7.73. The average molecular weight is 432 g/mol. The Morgan fingerprint density at radius 3 is 2.58 bits per heavy atom. The molecular weight excluding hydrogens is 409 g/mol. The van der Waals surface area contributed by atoms with E-state index in [9.17, 15) is 18.0 Å². The Bertz CT molecular complexity index is 1050. The molecule has 1 fully saturated rings. The molecule has 1 heterocycles. The molecule has 5 nitrogen and oxygen atoms in total. The number of H-pyrrole nitrogens is 1. The summed E-state index contributed by atoms with van der Waals surface area (Å²) >= 11 is 0. The summed E-state index contributed by atoms with van der Waals surface area (Å²) in [6.07, 6.45) is -0.809. The maximum absolute atomic E-state index is 12.7. The van der Waals surface area contributed by atoms with Crippen LogP contribution in [0.4, 0.5) is 18.9 Å². The van der Waals surface area contributed by atoms with Crippen LogP contribution >= 0.6 is 0 Å². The highest BCUT2D eigenvalue weighted by molar-refractivity contribution is 6.02. The second-order valence-corrected chi connectivity index (χ2v) is 7.73. The number of nitrogens with one attached hydrogen (secondary N) is 2. The minimum Gasteiger partial charge on any atom is -0.490 e. The standard InChI is InChI=1S/C23H23F3N2O3/c1-30-9-8-22(29)28-21-13-27-20-7-6-17(12-19(20)21)31-18-10-15(11-18)14-2-4-16(5-3-14)23(24,25)26/h2-7,12-13,15,18,27H,8-11H2,1H3,(H,28,29)/t15-,18-. The van der Waals surface area contributed by atoms with Crippen LogP contribution in [0.2, 0.25) is 0 Å². The molecule has 1 aliphatic rings. The minimum absolute atomic E-state index is 0.00317. The second kappa shape index (κ2) is 8.63. The highest BCUT2D eigenvalue weighted by Crippen LogP contribution is 2.40. The lowest BCUT2D eigenvalue weighted by Gasteiger charge is -2.35. The molecule has 31 heavy (non-hydrogen) atoms. The predicted molar refractivity (Wildman–Crippen MR) is 111 cm³/mol. The first kappa shape index (κ1) is 21.2. The van der Waals surface area contributed by atoms with Crippen LogP contribution in [0.1, 0.15) is 36.3 Å². The fourth-order valence-electron chi connectivity index (χ4n) is 3.75. The van der Waals surface area contributed by atoms with Crippen molar-refractivity contribution in [2.24, 2.45) is 0 Å². The third-order valence-corrected chi connectivity index (χ3v) is 5.57. The third kappa shape index (κ3) is 4.85. The van der Waals surface area contributed by atoms with E-state index in [2.05, 4.69) is 10.3 Å². The number of rotatable bonds is 7. The van der Waals surface area contributed by atoms with E-state index in [1.165, 1.54) is 0 Å². The van der Waals surface area contributed by atoms with Gasteiger partial charge in [-0.05, 0) is 54.7 Å². The Morgan fingerprint density at radius 2 is 1.90 bits per heavy atom. The van der Waals surface area contributed by atoms with Gasteiger partial charge in [0, 0.05) is 24.2 Å². The Balaban J connectivity index is 1.36. The summed E-state index contributed by atoms with van der Waals surface area (Å²) in [5.74, 6) is 0.752. The number of methoxy groups -OCH3 is 1. The minimum atomic E-state index is -4.32. The number of benzene rings is 2. The van der Waals surface area contributed by atoms with Crippen LogP contribution in [-0.2, 0) is 15.7 Å². The maximum Gasteiger partial charge on any atom is 0.416 e. The normalized spacial score (nSPS) is 18.6. The highest BCUT2D eigenvalue weighted by atomic mass is 19.4. The number of alkyl halides is 3. The van der Waals surface area contributed by atoms with Crippen LogP contribution in [0.15, 0.2) is 48.7 Å². The number of hydrogen-bond donors (Lipinski definition) is 2. The Kier molecular flexibility index (Phi) is 5.91. The van der Waals surface area contributed by atoms with Gasteiger partial charge in [0.2, 0.25) is 5.91 Å². The van der Waals surface area contributed by atoms with Gasteiger partial charge in [-0.1, -0.05) is 12.1 Å². The van der Waals surface area contributed by atoms with Crippen molar-refractivity contribution in [3.63, 3.8) is 0 Å². The van der Waals surface area contributed by atoms with Crippen LogP contribution in [0.25, 0.3) is 10.9 Å². The monoisotopic (exact) mass is 432 g/mol. The highest BCUT2D eigenvalue weighted by Gasteiger charge is 2.34. The van der Waals surface area contributed by atoms with Crippen molar-refractivity contribution in [2.75, 3.05) is 19.0 Å². The number of anilines is 1. The average Bonchev–Trinajstić information content (AvgIpc) is 3.10. The molecule has 0 spiro atoms. The number of fused-ring (bicyclic) bond motifs is 1. The van der Waals surface area contributed by atoms with Crippen molar-refractivity contribution < 1.29 is 27.4 Å². The third-order valence-electron chi connectivity index (χ3n) is 5.57. The smallest absolute Gasteiger partial charge is 0.416 e. The lowest BCUT2D eigenvalue weighted by atomic mass is 9.77. The van der Waals surface area contributed by atoms with E-state index in [0.29, 0.717) is 18.0 Å². The van der Waals surface area contributed by atoms with Crippen molar-refractivity contribution in [2.45, 2.75) is 37.5 Å². The number of carbonyl (C=O) groups excluding carboxylic acids is 1. The summed E-state index contributed by atoms with van der Waals surface area (Å²) in [4.78, 5) is 15.1. The van der Waals surface area contributed by atoms with Crippen molar-refractivity contribution in [3.8, 4) is 5.75 Å². The van der Waals surface area contributed by atoms with E-state index in [0.717, 1.165) is 41.4 Å². The molecule has 0 bridgehead atoms. The van der Waals surface area contributed by atoms with Gasteiger partial charge in [-0.3, -0.25) is 4.79 Å². The van der Waals surface area contributed by atoms with Gasteiger partial charge in [0.25, 0.3) is 0 Å². The van der Waals surface area contributed by atoms with Gasteiger partial charge in [-0.25, -0.2) is 0 Å². The number of hydrogen-bond acceptors (Lipinski definition) is 3. The van der Waals surface area contributed by atoms with Gasteiger partial charge >= 0.3 is 6.18 Å². The predicted octanol–water partition coefficient (Wildman–Crippen LogP) is 5.49. The first-order valence-corrected chi connectivity index (χ1v) is 10.1. The van der Waals surface area contributed by atoms with Gasteiger partial charge < -0.3 is 19.8 Å². The summed E-state index contributed by atoms with van der Waals surface area (Å²) in [6, 6.07) is 11.0. The first-order valence-electron chi connectivity index (χ1n) is 10.1. The summed E-state index contributed by atoms with van der Waals surface area (Å²) in [6.45, 7) is 0.352. The molecule has 0 atom stereocenters. The molecule has 1 aliphatic carbocycles. The maximum atomic E-state index is 12.7. The molecule has 2 N–H and O–H groups in total. The number of amides is 1. The lowest BCUT2D eigenvalue weighted by Crippen LogP contribution is -2.32. The summed E-state index contributed by atoms with van der Waals surface area (Å²) in [7, 11) is 1.55. The fraction of sp³-hybridized carbons (Fsp3) is 0.348. The Labute approximate surface area is 177 Å². The molecule has 2 aromatic carbocycles. The van der Waals surface area contributed by atoms with Gasteiger partial charge in [0.15, 0.2) is 0 Å². The fourth-order valence-corrected chi connectivity index (χ4v) is 3.75. The first-order chi connectivity index (χ1) is 14.8. The quantitative estimate of drug-likeness (QED) is 0.519. The SMILES string of the molecule is COCCC(=O)Nc1c[nH]c2ccc(O[C@H]3C[C@H](c4ccc(C(F)(F)F)cc4)C3)cc12. The molecule has 3 aromatic rings. The molecular formula is C23H23F3N2O3. The van der Waals surface area contributed by atoms with Crippen LogP contribution in [0.5, 0.6) is 5.75 Å². The summed E-state index contributed by atoms with van der Waals surface area (Å²) in [5, 5.41) is 3.72. The molecule has 8 heteroatoms. The number of ether oxygens (including phenoxy) is 2. The molecule has 164 valence electrons. The molecule has 1 amide bonds. The van der Waals surface area contributed by atoms with Crippen LogP contribution in [0.3, 0.4) is 0 Å². The molecule has 0 radical (unpaired) electrons. The van der Waals surface area contributed by atoms with Crippen LogP contribution in [0, 0.1) is 0 Å². The van der Waals surface area contributed by atoms with Crippen LogP contribution in [-0.4, -0.2) is 30.7 Å². The topological polar surface area (TPSA) is 63.3 Å². The summed E-state index contributed by atoms with van der Waals surface area (Å²) in [5.41, 5.74) is 1.83. The Morgan fingerprint density at radius 1 is 1.16 bits per heavy atom. The largest absolute Gasteiger partial charge is 0.490 e. The van der Waals surface area contributed by atoms with Crippen molar-refractivity contribution in [1.29, 1.82) is 0 Å².